The molecule has 2 heterocycles. The lowest BCUT2D eigenvalue weighted by molar-refractivity contribution is 0.194. The molecule has 0 atom stereocenters. The lowest BCUT2D eigenvalue weighted by Crippen LogP contribution is -2.22. The normalized spacial score (nSPS) is 11.0. The Morgan fingerprint density at radius 3 is 3.00 bits per heavy atom. The minimum absolute atomic E-state index is 0.450. The van der Waals surface area contributed by atoms with E-state index in [1.165, 1.54) is 5.39 Å². The molecule has 0 bridgehead atoms. The number of fused-ring (bicyclic) bond motifs is 3. The Bertz CT molecular complexity index is 842. The Morgan fingerprint density at radius 2 is 2.17 bits per heavy atom. The van der Waals surface area contributed by atoms with Gasteiger partial charge in [-0.3, -0.25) is 4.98 Å². The third-order valence-electron chi connectivity index (χ3n) is 3.80. The summed E-state index contributed by atoms with van der Waals surface area (Å²) in [4.78, 5) is 18.0. The highest BCUT2D eigenvalue weighted by Gasteiger charge is 2.07. The number of hydrogen-bond acceptors (Lipinski definition) is 3. The number of aromatic amines is 1. The third kappa shape index (κ3) is 3.36. The molecule has 1 aromatic carbocycles. The summed E-state index contributed by atoms with van der Waals surface area (Å²) in [5, 5.41) is 13.1. The molecule has 0 radical (unpaired) electrons. The van der Waals surface area contributed by atoms with Crippen LogP contribution in [0.15, 0.2) is 30.5 Å². The lowest BCUT2D eigenvalue weighted by Gasteiger charge is -2.06. The van der Waals surface area contributed by atoms with E-state index in [-0.39, 0.29) is 0 Å². The van der Waals surface area contributed by atoms with E-state index in [2.05, 4.69) is 21.4 Å². The van der Waals surface area contributed by atoms with Crippen molar-refractivity contribution in [3.8, 4) is 5.75 Å². The van der Waals surface area contributed by atoms with Crippen molar-refractivity contribution in [1.82, 2.24) is 15.3 Å². The second kappa shape index (κ2) is 6.56. The van der Waals surface area contributed by atoms with Gasteiger partial charge in [0.25, 0.3) is 0 Å². The SMILES string of the molecule is Cc1nccc2c1[nH]c1cc(OCCCCNC(=O)O)ccc12. The van der Waals surface area contributed by atoms with E-state index < -0.39 is 6.09 Å². The number of ether oxygens (including phenoxy) is 1. The van der Waals surface area contributed by atoms with Gasteiger partial charge in [0, 0.05) is 29.6 Å². The van der Waals surface area contributed by atoms with Crippen molar-refractivity contribution in [1.29, 1.82) is 0 Å². The summed E-state index contributed by atoms with van der Waals surface area (Å²) in [5.74, 6) is 0.806. The maximum atomic E-state index is 10.3. The summed E-state index contributed by atoms with van der Waals surface area (Å²) in [6.07, 6.45) is 2.39. The highest BCUT2D eigenvalue weighted by molar-refractivity contribution is 6.08. The van der Waals surface area contributed by atoms with Crippen LogP contribution in [-0.4, -0.2) is 34.3 Å². The van der Waals surface area contributed by atoms with Crippen molar-refractivity contribution in [2.75, 3.05) is 13.2 Å². The fraction of sp³-hybridized carbons (Fsp3) is 0.294. The number of amides is 1. The lowest BCUT2D eigenvalue weighted by atomic mass is 10.1. The van der Waals surface area contributed by atoms with Crippen LogP contribution in [0.25, 0.3) is 21.8 Å². The van der Waals surface area contributed by atoms with Gasteiger partial charge in [0.2, 0.25) is 0 Å². The molecule has 1 amide bonds. The molecule has 3 rings (SSSR count). The summed E-state index contributed by atoms with van der Waals surface area (Å²) in [5.41, 5.74) is 3.06. The summed E-state index contributed by atoms with van der Waals surface area (Å²) in [6.45, 7) is 3.00. The molecule has 0 saturated carbocycles. The van der Waals surface area contributed by atoms with Gasteiger partial charge in [-0.2, -0.15) is 0 Å². The second-order valence-corrected chi connectivity index (χ2v) is 5.44. The Hall–Kier alpha value is -2.76. The fourth-order valence-electron chi connectivity index (χ4n) is 2.65. The van der Waals surface area contributed by atoms with E-state index >= 15 is 0 Å². The average Bonchev–Trinajstić information content (AvgIpc) is 2.90. The number of aryl methyl sites for hydroxylation is 1. The maximum Gasteiger partial charge on any atom is 0.404 e. The van der Waals surface area contributed by atoms with E-state index in [0.717, 1.165) is 40.7 Å². The van der Waals surface area contributed by atoms with E-state index in [4.69, 9.17) is 9.84 Å². The van der Waals surface area contributed by atoms with Gasteiger partial charge in [-0.15, -0.1) is 0 Å². The van der Waals surface area contributed by atoms with Gasteiger partial charge in [0.15, 0.2) is 0 Å². The molecular weight excluding hydrogens is 294 g/mol. The largest absolute Gasteiger partial charge is 0.494 e. The number of benzene rings is 1. The molecule has 0 spiro atoms. The molecule has 6 nitrogen and oxygen atoms in total. The molecule has 2 aromatic heterocycles. The Morgan fingerprint density at radius 1 is 1.30 bits per heavy atom. The number of carboxylic acid groups (broad SMARTS) is 1. The first-order valence-electron chi connectivity index (χ1n) is 7.62. The summed E-state index contributed by atoms with van der Waals surface area (Å²) < 4.78 is 5.74. The van der Waals surface area contributed by atoms with Crippen molar-refractivity contribution < 1.29 is 14.6 Å². The molecule has 0 aliphatic rings. The van der Waals surface area contributed by atoms with Crippen LogP contribution in [0.1, 0.15) is 18.5 Å². The molecule has 23 heavy (non-hydrogen) atoms. The average molecular weight is 313 g/mol. The predicted molar refractivity (Wildman–Crippen MR) is 89.1 cm³/mol. The van der Waals surface area contributed by atoms with Crippen LogP contribution in [0.4, 0.5) is 4.79 Å². The van der Waals surface area contributed by atoms with Crippen molar-refractivity contribution in [2.45, 2.75) is 19.8 Å². The summed E-state index contributed by atoms with van der Waals surface area (Å²) >= 11 is 0. The van der Waals surface area contributed by atoms with Gasteiger partial charge < -0.3 is 20.1 Å². The minimum atomic E-state index is -0.986. The Kier molecular flexibility index (Phi) is 4.32. The Balaban J connectivity index is 1.65. The highest BCUT2D eigenvalue weighted by atomic mass is 16.5. The van der Waals surface area contributed by atoms with Crippen LogP contribution in [0.5, 0.6) is 5.75 Å². The van der Waals surface area contributed by atoms with E-state index in [0.29, 0.717) is 13.2 Å². The smallest absolute Gasteiger partial charge is 0.404 e. The number of aromatic nitrogens is 2. The van der Waals surface area contributed by atoms with Gasteiger partial charge in [0.1, 0.15) is 5.75 Å². The molecule has 0 saturated heterocycles. The van der Waals surface area contributed by atoms with Gasteiger partial charge in [-0.05, 0) is 38.0 Å². The van der Waals surface area contributed by atoms with Gasteiger partial charge >= 0.3 is 6.09 Å². The topological polar surface area (TPSA) is 87.2 Å². The zero-order chi connectivity index (χ0) is 16.2. The molecule has 0 fully saturated rings. The van der Waals surface area contributed by atoms with Crippen molar-refractivity contribution in [3.05, 3.63) is 36.2 Å². The van der Waals surface area contributed by atoms with Crippen LogP contribution in [-0.2, 0) is 0 Å². The van der Waals surface area contributed by atoms with Crippen LogP contribution in [0, 0.1) is 6.92 Å². The number of pyridine rings is 1. The van der Waals surface area contributed by atoms with Crippen molar-refractivity contribution >= 4 is 27.9 Å². The van der Waals surface area contributed by atoms with Crippen LogP contribution >= 0.6 is 0 Å². The fourth-order valence-corrected chi connectivity index (χ4v) is 2.65. The number of unbranched alkanes of at least 4 members (excludes halogenated alkanes) is 1. The molecule has 0 aliphatic carbocycles. The Labute approximate surface area is 133 Å². The van der Waals surface area contributed by atoms with E-state index in [1.54, 1.807) is 0 Å². The quantitative estimate of drug-likeness (QED) is 0.608. The zero-order valence-corrected chi connectivity index (χ0v) is 12.9. The predicted octanol–water partition coefficient (Wildman–Crippen LogP) is 3.45. The number of hydrogen-bond donors (Lipinski definition) is 3. The standard InChI is InChI=1S/C17H19N3O3/c1-11-16-14(6-8-18-11)13-5-4-12(10-15(13)20-16)23-9-3-2-7-19-17(21)22/h4-6,8,10,19-20H,2-3,7,9H2,1H3,(H,21,22). The van der Waals surface area contributed by atoms with Crippen molar-refractivity contribution in [3.63, 3.8) is 0 Å². The first kappa shape index (κ1) is 15.1. The number of nitrogens with zero attached hydrogens (tertiary/aromatic N) is 1. The van der Waals surface area contributed by atoms with Crippen LogP contribution in [0.3, 0.4) is 0 Å². The van der Waals surface area contributed by atoms with Crippen molar-refractivity contribution in [2.24, 2.45) is 0 Å². The molecule has 6 heteroatoms. The molecule has 0 aliphatic heterocycles. The second-order valence-electron chi connectivity index (χ2n) is 5.44. The van der Waals surface area contributed by atoms with Gasteiger partial charge in [-0.25, -0.2) is 4.79 Å². The number of carbonyl (C=O) groups is 1. The third-order valence-corrected chi connectivity index (χ3v) is 3.80. The van der Waals surface area contributed by atoms with Crippen LogP contribution < -0.4 is 10.1 Å². The molecular formula is C17H19N3O3. The van der Waals surface area contributed by atoms with E-state index in [1.807, 2.05) is 31.3 Å². The number of rotatable bonds is 6. The number of nitrogens with one attached hydrogen (secondary N) is 2. The summed E-state index contributed by atoms with van der Waals surface area (Å²) in [7, 11) is 0. The number of H-pyrrole nitrogens is 1. The van der Waals surface area contributed by atoms with E-state index in [9.17, 15) is 4.79 Å². The van der Waals surface area contributed by atoms with Gasteiger partial charge in [-0.1, -0.05) is 0 Å². The maximum absolute atomic E-state index is 10.3. The van der Waals surface area contributed by atoms with Gasteiger partial charge in [0.05, 0.1) is 23.3 Å². The first-order valence-corrected chi connectivity index (χ1v) is 7.62. The molecule has 0 unspecified atom stereocenters. The molecule has 120 valence electrons. The van der Waals surface area contributed by atoms with Crippen LogP contribution in [0.2, 0.25) is 0 Å². The minimum Gasteiger partial charge on any atom is -0.494 e. The zero-order valence-electron chi connectivity index (χ0n) is 12.9. The molecule has 3 N–H and O–H groups in total. The first-order chi connectivity index (χ1) is 11.1. The monoisotopic (exact) mass is 313 g/mol. The highest BCUT2D eigenvalue weighted by Crippen LogP contribution is 2.29. The summed E-state index contributed by atoms with van der Waals surface area (Å²) in [6, 6.07) is 8.01. The molecule has 3 aromatic rings.